The summed E-state index contributed by atoms with van der Waals surface area (Å²) >= 11 is 0. The Morgan fingerprint density at radius 2 is 1.62 bits per heavy atom. The molecule has 0 aromatic heterocycles. The zero-order valence-corrected chi connectivity index (χ0v) is 3.94. The Bertz CT molecular complexity index is 68.1. The van der Waals surface area contributed by atoms with Gasteiger partial charge in [-0.05, 0) is 0 Å². The number of aliphatic hydroxyl groups excluding tert-OH is 2. The third-order valence-electron chi connectivity index (χ3n) is 0.579. The molecular weight excluding hydrogens is 117 g/mol. The van der Waals surface area contributed by atoms with Crippen LogP contribution in [0.25, 0.3) is 0 Å². The lowest BCUT2D eigenvalue weighted by molar-refractivity contribution is -0.244. The van der Waals surface area contributed by atoms with Gasteiger partial charge < -0.3 is 25.5 Å². The third kappa shape index (κ3) is 1.73. The Kier molecular flexibility index (Phi) is 2.32. The first-order chi connectivity index (χ1) is 3.50. The second-order valence-electron chi connectivity index (χ2n) is 1.30. The Labute approximate surface area is 45.4 Å². The summed E-state index contributed by atoms with van der Waals surface area (Å²) in [6.45, 7) is -1.14. The molecule has 0 bridgehead atoms. The van der Waals surface area contributed by atoms with Gasteiger partial charge in [0.2, 0.25) is 5.79 Å². The number of hydrogen-bond donors (Lipinski definition) is 5. The van der Waals surface area contributed by atoms with Crippen molar-refractivity contribution in [2.75, 3.05) is 6.61 Å². The normalized spacial score (nSPS) is 12.8. The fraction of sp³-hybridized carbons (Fsp3) is 0.667. The van der Waals surface area contributed by atoms with Crippen LogP contribution in [-0.2, 0) is 0 Å². The molecule has 0 aromatic carbocycles. The Balaban J connectivity index is 3.71. The lowest BCUT2D eigenvalue weighted by Crippen LogP contribution is -2.39. The third-order valence-corrected chi connectivity index (χ3v) is 0.579. The summed E-state index contributed by atoms with van der Waals surface area (Å²) in [5, 5.41) is 40.0. The average Bonchev–Trinajstić information content (AvgIpc) is 1.67. The van der Waals surface area contributed by atoms with Crippen LogP contribution < -0.4 is 0 Å². The molecule has 0 rings (SSSR count). The van der Waals surface area contributed by atoms with Crippen molar-refractivity contribution in [2.24, 2.45) is 0 Å². The van der Waals surface area contributed by atoms with Gasteiger partial charge in [-0.3, -0.25) is 0 Å². The molecule has 5 heteroatoms. The molecule has 8 heavy (non-hydrogen) atoms. The molecule has 0 aliphatic rings. The summed E-state index contributed by atoms with van der Waals surface area (Å²) in [5.74, 6) is -2.88. The summed E-state index contributed by atoms with van der Waals surface area (Å²) in [4.78, 5) is 0. The zero-order valence-electron chi connectivity index (χ0n) is 3.94. The number of aliphatic hydroxyl groups is 5. The molecule has 0 fully saturated rings. The molecule has 0 amide bonds. The van der Waals surface area contributed by atoms with Crippen LogP contribution in [0.3, 0.4) is 0 Å². The van der Waals surface area contributed by atoms with Gasteiger partial charge in [0.1, 0.15) is 6.61 Å². The van der Waals surface area contributed by atoms with Gasteiger partial charge in [0.05, 0.1) is 0 Å². The fourth-order valence-corrected chi connectivity index (χ4v) is 0.0707. The van der Waals surface area contributed by atoms with E-state index in [1.165, 1.54) is 0 Å². The van der Waals surface area contributed by atoms with E-state index in [4.69, 9.17) is 25.5 Å². The summed E-state index contributed by atoms with van der Waals surface area (Å²) in [6.07, 6.45) is -1.61. The van der Waals surface area contributed by atoms with Gasteiger partial charge in [-0.25, -0.2) is 0 Å². The first kappa shape index (κ1) is 7.80. The minimum atomic E-state index is -2.88. The van der Waals surface area contributed by atoms with Crippen LogP contribution in [0, 0.1) is 6.29 Å². The van der Waals surface area contributed by atoms with Crippen molar-refractivity contribution in [1.82, 2.24) is 0 Å². The molecule has 5 N–H and O–H groups in total. The summed E-state index contributed by atoms with van der Waals surface area (Å²) in [5.41, 5.74) is 0. The second kappa shape index (κ2) is 2.38. The molecule has 0 spiro atoms. The van der Waals surface area contributed by atoms with E-state index in [1.807, 2.05) is 0 Å². The number of hydrogen-bond acceptors (Lipinski definition) is 5. The van der Waals surface area contributed by atoms with Crippen LogP contribution in [-0.4, -0.2) is 37.9 Å². The van der Waals surface area contributed by atoms with Crippen LogP contribution >= 0.6 is 0 Å². The number of rotatable bonds is 2. The monoisotopic (exact) mass is 124 g/mol. The maximum absolute atomic E-state index is 8.17. The van der Waals surface area contributed by atoms with E-state index in [1.54, 1.807) is 0 Å². The summed E-state index contributed by atoms with van der Waals surface area (Å²) < 4.78 is 0. The molecule has 0 aliphatic carbocycles. The van der Waals surface area contributed by atoms with Crippen LogP contribution in [0.15, 0.2) is 0 Å². The van der Waals surface area contributed by atoms with Gasteiger partial charge in [0.15, 0.2) is 0 Å². The summed E-state index contributed by atoms with van der Waals surface area (Å²) in [6, 6.07) is 0. The molecule has 0 aromatic rings. The van der Waals surface area contributed by atoms with Crippen molar-refractivity contribution >= 4 is 0 Å². The molecule has 0 unspecified atom stereocenters. The molecule has 0 aliphatic heterocycles. The topological polar surface area (TPSA) is 101 Å². The highest BCUT2D eigenvalue weighted by Crippen LogP contribution is 2.07. The Morgan fingerprint density at radius 3 is 1.62 bits per heavy atom. The van der Waals surface area contributed by atoms with Crippen molar-refractivity contribution in [1.29, 1.82) is 0 Å². The van der Waals surface area contributed by atoms with Gasteiger partial charge in [-0.1, -0.05) is 0 Å². The molecule has 1 radical (unpaired) electrons. The molecule has 49 valence electrons. The van der Waals surface area contributed by atoms with E-state index in [2.05, 4.69) is 0 Å². The van der Waals surface area contributed by atoms with Gasteiger partial charge in [0.25, 0.3) is 6.29 Å². The van der Waals surface area contributed by atoms with Gasteiger partial charge >= 0.3 is 0 Å². The molecule has 0 atom stereocenters. The van der Waals surface area contributed by atoms with Gasteiger partial charge in [0, 0.05) is 0 Å². The Morgan fingerprint density at radius 1 is 1.25 bits per heavy atom. The Hall–Kier alpha value is -0.200. The van der Waals surface area contributed by atoms with Crippen LogP contribution in [0.5, 0.6) is 0 Å². The van der Waals surface area contributed by atoms with E-state index >= 15 is 0 Å². The minimum absolute atomic E-state index is 1.14. The lowest BCUT2D eigenvalue weighted by Gasteiger charge is -2.17. The van der Waals surface area contributed by atoms with E-state index < -0.39 is 18.7 Å². The molecule has 0 saturated heterocycles. The van der Waals surface area contributed by atoms with Crippen molar-refractivity contribution in [3.63, 3.8) is 0 Å². The van der Waals surface area contributed by atoms with E-state index in [9.17, 15) is 0 Å². The highest BCUT2D eigenvalue weighted by molar-refractivity contribution is 4.78. The molecule has 0 heterocycles. The lowest BCUT2D eigenvalue weighted by atomic mass is 10.5. The van der Waals surface area contributed by atoms with Crippen LogP contribution in [0.4, 0.5) is 0 Å². The predicted octanol–water partition coefficient (Wildman–Crippen LogP) is -2.11. The minimum Gasteiger partial charge on any atom is -0.391 e. The SMILES string of the molecule is OCC(O)(O)[13C](O)O. The van der Waals surface area contributed by atoms with Gasteiger partial charge in [-0.2, -0.15) is 0 Å². The maximum Gasteiger partial charge on any atom is 0.282 e. The van der Waals surface area contributed by atoms with Gasteiger partial charge in [-0.15, -0.1) is 0 Å². The summed E-state index contributed by atoms with van der Waals surface area (Å²) in [7, 11) is 0. The van der Waals surface area contributed by atoms with E-state index in [0.717, 1.165) is 0 Å². The quantitative estimate of drug-likeness (QED) is 0.214. The van der Waals surface area contributed by atoms with E-state index in [-0.39, 0.29) is 0 Å². The highest BCUT2D eigenvalue weighted by atomic mass is 16.7. The first-order valence-electron chi connectivity index (χ1n) is 1.81. The standard InChI is InChI=1S/C3H7O5/c4-1-3(7,8)2(5)6/h4-8H,1H2/i2+1. The molecule has 5 nitrogen and oxygen atoms in total. The van der Waals surface area contributed by atoms with Crippen molar-refractivity contribution < 1.29 is 25.5 Å². The smallest absolute Gasteiger partial charge is 0.282 e. The van der Waals surface area contributed by atoms with Crippen molar-refractivity contribution in [2.45, 2.75) is 5.79 Å². The zero-order chi connectivity index (χ0) is 6.78. The predicted molar refractivity (Wildman–Crippen MR) is 21.4 cm³/mol. The van der Waals surface area contributed by atoms with Crippen LogP contribution in [0.1, 0.15) is 0 Å². The first-order valence-corrected chi connectivity index (χ1v) is 1.81. The second-order valence-corrected chi connectivity index (χ2v) is 1.30. The molecular formula is C3H7O5. The fourth-order valence-electron chi connectivity index (χ4n) is 0.0707. The van der Waals surface area contributed by atoms with Crippen molar-refractivity contribution in [3.05, 3.63) is 6.29 Å². The maximum atomic E-state index is 8.17. The highest BCUT2D eigenvalue weighted by Gasteiger charge is 2.32. The van der Waals surface area contributed by atoms with E-state index in [0.29, 0.717) is 0 Å². The average molecular weight is 124 g/mol. The molecule has 0 saturated carbocycles. The van der Waals surface area contributed by atoms with Crippen LogP contribution in [0.2, 0.25) is 0 Å². The largest absolute Gasteiger partial charge is 0.391 e. The van der Waals surface area contributed by atoms with Crippen molar-refractivity contribution in [3.8, 4) is 0 Å².